The van der Waals surface area contributed by atoms with Crippen LogP contribution in [0.15, 0.2) is 21.3 Å². The molecule has 2 aromatic rings. The summed E-state index contributed by atoms with van der Waals surface area (Å²) >= 11 is 0. The van der Waals surface area contributed by atoms with E-state index >= 15 is 0 Å². The first-order valence-corrected chi connectivity index (χ1v) is 4.19. The molecule has 5 heteroatoms. The molecule has 0 unspecified atom stereocenters. The van der Waals surface area contributed by atoms with E-state index < -0.39 is 22.9 Å². The quantitative estimate of drug-likeness (QED) is 0.566. The van der Waals surface area contributed by atoms with Crippen molar-refractivity contribution in [2.75, 3.05) is 0 Å². The van der Waals surface area contributed by atoms with E-state index in [0.29, 0.717) is 11.1 Å². The van der Waals surface area contributed by atoms with Gasteiger partial charge in [-0.2, -0.15) is 0 Å². The zero-order chi connectivity index (χ0) is 11.2. The van der Waals surface area contributed by atoms with Crippen LogP contribution in [0.3, 0.4) is 0 Å². The molecule has 0 fully saturated rings. The van der Waals surface area contributed by atoms with Gasteiger partial charge in [0.05, 0.1) is 0 Å². The zero-order valence-corrected chi connectivity index (χ0v) is 7.81. The summed E-state index contributed by atoms with van der Waals surface area (Å²) in [5.74, 6) is -1.51. The Bertz CT molecular complexity index is 597. The molecule has 0 spiro atoms. The van der Waals surface area contributed by atoms with Crippen molar-refractivity contribution in [3.8, 4) is 17.2 Å². The predicted octanol–water partition coefficient (Wildman–Crippen LogP) is 1.22. The van der Waals surface area contributed by atoms with Crippen LogP contribution in [0.25, 0.3) is 10.8 Å². The highest BCUT2D eigenvalue weighted by atomic mass is 16.4. The van der Waals surface area contributed by atoms with E-state index in [-0.39, 0.29) is 5.39 Å². The van der Waals surface area contributed by atoms with E-state index in [2.05, 4.69) is 0 Å². The molecule has 0 aliphatic carbocycles. The van der Waals surface area contributed by atoms with Crippen molar-refractivity contribution in [3.05, 3.63) is 28.3 Å². The second-order valence-electron chi connectivity index (χ2n) is 3.20. The van der Waals surface area contributed by atoms with E-state index in [0.717, 1.165) is 0 Å². The highest BCUT2D eigenvalue weighted by Crippen LogP contribution is 2.39. The first-order chi connectivity index (χ1) is 7.00. The highest BCUT2D eigenvalue weighted by molar-refractivity contribution is 5.91. The smallest absolute Gasteiger partial charge is 0.347 e. The molecule has 0 bridgehead atoms. The summed E-state index contributed by atoms with van der Waals surface area (Å²) in [6, 6.07) is 2.67. The minimum absolute atomic E-state index is 0.143. The SMILES string of the molecule is Cc1cc2cc(O)c(O)c(O)c2c(=O)o1. The van der Waals surface area contributed by atoms with Crippen molar-refractivity contribution < 1.29 is 19.7 Å². The van der Waals surface area contributed by atoms with Crippen LogP contribution in [-0.4, -0.2) is 15.3 Å². The fourth-order valence-electron chi connectivity index (χ4n) is 1.44. The third kappa shape index (κ3) is 1.28. The van der Waals surface area contributed by atoms with Crippen molar-refractivity contribution in [3.63, 3.8) is 0 Å². The Labute approximate surface area is 83.8 Å². The summed E-state index contributed by atoms with van der Waals surface area (Å²) < 4.78 is 4.76. The Morgan fingerprint density at radius 3 is 2.47 bits per heavy atom. The predicted molar refractivity (Wildman–Crippen MR) is 52.2 cm³/mol. The van der Waals surface area contributed by atoms with Crippen molar-refractivity contribution in [2.45, 2.75) is 6.92 Å². The van der Waals surface area contributed by atoms with Gasteiger partial charge in [0.25, 0.3) is 0 Å². The lowest BCUT2D eigenvalue weighted by Crippen LogP contribution is -2.00. The van der Waals surface area contributed by atoms with Gasteiger partial charge >= 0.3 is 5.63 Å². The molecule has 0 aliphatic heterocycles. The zero-order valence-electron chi connectivity index (χ0n) is 7.81. The number of rotatable bonds is 0. The molecule has 1 aromatic heterocycles. The summed E-state index contributed by atoms with van der Waals surface area (Å²) in [6.45, 7) is 1.57. The molecule has 3 N–H and O–H groups in total. The van der Waals surface area contributed by atoms with Gasteiger partial charge in [-0.25, -0.2) is 4.79 Å². The number of hydrogen-bond donors (Lipinski definition) is 3. The van der Waals surface area contributed by atoms with Crippen molar-refractivity contribution in [2.24, 2.45) is 0 Å². The summed E-state index contributed by atoms with van der Waals surface area (Å²) in [5, 5.41) is 28.1. The Balaban J connectivity index is 3.06. The van der Waals surface area contributed by atoms with Gasteiger partial charge in [0, 0.05) is 5.39 Å². The molecule has 78 valence electrons. The van der Waals surface area contributed by atoms with Crippen LogP contribution in [0.5, 0.6) is 17.2 Å². The minimum atomic E-state index is -0.752. The minimum Gasteiger partial charge on any atom is -0.504 e. The van der Waals surface area contributed by atoms with Crippen LogP contribution in [-0.2, 0) is 0 Å². The van der Waals surface area contributed by atoms with Crippen LogP contribution >= 0.6 is 0 Å². The molecule has 15 heavy (non-hydrogen) atoms. The van der Waals surface area contributed by atoms with Crippen LogP contribution in [0.1, 0.15) is 5.76 Å². The van der Waals surface area contributed by atoms with E-state index in [9.17, 15) is 20.1 Å². The van der Waals surface area contributed by atoms with E-state index in [1.54, 1.807) is 6.92 Å². The molecular weight excluding hydrogens is 200 g/mol. The molecule has 0 atom stereocenters. The normalized spacial score (nSPS) is 10.7. The fraction of sp³-hybridized carbons (Fsp3) is 0.100. The van der Waals surface area contributed by atoms with Crippen molar-refractivity contribution in [1.82, 2.24) is 0 Å². The summed E-state index contributed by atoms with van der Waals surface area (Å²) in [7, 11) is 0. The maximum absolute atomic E-state index is 11.4. The maximum Gasteiger partial charge on any atom is 0.347 e. The molecule has 0 aliphatic rings. The van der Waals surface area contributed by atoms with E-state index in [4.69, 9.17) is 4.42 Å². The van der Waals surface area contributed by atoms with Gasteiger partial charge in [0.15, 0.2) is 11.5 Å². The molecule has 0 saturated heterocycles. The lowest BCUT2D eigenvalue weighted by atomic mass is 10.1. The van der Waals surface area contributed by atoms with E-state index in [1.807, 2.05) is 0 Å². The van der Waals surface area contributed by atoms with Crippen LogP contribution < -0.4 is 5.63 Å². The summed E-state index contributed by atoms with van der Waals surface area (Å²) in [4.78, 5) is 11.4. The second-order valence-corrected chi connectivity index (χ2v) is 3.20. The maximum atomic E-state index is 11.4. The molecule has 0 saturated carbocycles. The summed E-state index contributed by atoms with van der Waals surface area (Å²) in [5.41, 5.74) is -0.752. The Morgan fingerprint density at radius 2 is 1.80 bits per heavy atom. The summed E-state index contributed by atoms with van der Waals surface area (Å²) in [6.07, 6.45) is 0. The average Bonchev–Trinajstić information content (AvgIpc) is 2.13. The standard InChI is InChI=1S/C10H8O5/c1-4-2-5-3-6(11)8(12)9(13)7(5)10(14)15-4/h2-3,11-13H,1H3. The Hall–Kier alpha value is -2.17. The van der Waals surface area contributed by atoms with Crippen LogP contribution in [0, 0.1) is 6.92 Å². The lowest BCUT2D eigenvalue weighted by Gasteiger charge is -2.04. The average molecular weight is 208 g/mol. The first kappa shape index (κ1) is 9.39. The molecule has 5 nitrogen and oxygen atoms in total. The molecule has 0 amide bonds. The Morgan fingerprint density at radius 1 is 1.13 bits per heavy atom. The van der Waals surface area contributed by atoms with Gasteiger partial charge in [-0.05, 0) is 19.1 Å². The number of aromatic hydroxyl groups is 3. The van der Waals surface area contributed by atoms with Crippen LogP contribution in [0.2, 0.25) is 0 Å². The number of phenolic OH excluding ortho intramolecular Hbond substituents is 3. The lowest BCUT2D eigenvalue weighted by molar-refractivity contribution is 0.370. The molecule has 0 radical (unpaired) electrons. The monoisotopic (exact) mass is 208 g/mol. The first-order valence-electron chi connectivity index (χ1n) is 4.19. The molecule has 1 aromatic carbocycles. The number of benzene rings is 1. The second kappa shape index (κ2) is 2.91. The fourth-order valence-corrected chi connectivity index (χ4v) is 1.44. The van der Waals surface area contributed by atoms with Crippen molar-refractivity contribution in [1.29, 1.82) is 0 Å². The van der Waals surface area contributed by atoms with Gasteiger partial charge in [-0.3, -0.25) is 0 Å². The highest BCUT2D eigenvalue weighted by Gasteiger charge is 2.15. The Kier molecular flexibility index (Phi) is 1.82. The molecule has 1 heterocycles. The third-order valence-corrected chi connectivity index (χ3v) is 2.10. The van der Waals surface area contributed by atoms with E-state index in [1.165, 1.54) is 12.1 Å². The van der Waals surface area contributed by atoms with Crippen molar-refractivity contribution >= 4 is 10.8 Å². The number of aryl methyl sites for hydroxylation is 1. The van der Waals surface area contributed by atoms with Gasteiger partial charge in [-0.15, -0.1) is 0 Å². The van der Waals surface area contributed by atoms with Gasteiger partial charge in [0.1, 0.15) is 11.1 Å². The van der Waals surface area contributed by atoms with Crippen LogP contribution in [0.4, 0.5) is 0 Å². The van der Waals surface area contributed by atoms with Gasteiger partial charge < -0.3 is 19.7 Å². The number of hydrogen-bond acceptors (Lipinski definition) is 5. The number of fused-ring (bicyclic) bond motifs is 1. The molecule has 2 rings (SSSR count). The topological polar surface area (TPSA) is 90.9 Å². The number of phenols is 3. The molecular formula is C10H8O5. The largest absolute Gasteiger partial charge is 0.504 e. The van der Waals surface area contributed by atoms with Gasteiger partial charge in [-0.1, -0.05) is 0 Å². The van der Waals surface area contributed by atoms with Gasteiger partial charge in [0.2, 0.25) is 5.75 Å². The third-order valence-electron chi connectivity index (χ3n) is 2.10.